The Morgan fingerprint density at radius 2 is 1.90 bits per heavy atom. The van der Waals surface area contributed by atoms with Crippen molar-refractivity contribution in [3.05, 3.63) is 46.3 Å². The van der Waals surface area contributed by atoms with Crippen molar-refractivity contribution in [1.82, 2.24) is 19.7 Å². The maximum absolute atomic E-state index is 13.1. The lowest BCUT2D eigenvalue weighted by atomic mass is 10.2. The largest absolute Gasteiger partial charge is 0.379 e. The molecule has 0 aliphatic heterocycles. The van der Waals surface area contributed by atoms with E-state index in [-0.39, 0.29) is 22.8 Å². The summed E-state index contributed by atoms with van der Waals surface area (Å²) in [6.07, 6.45) is 0.904. The molecular formula is C21H28N4O3S. The monoisotopic (exact) mass is 416 g/mol. The zero-order chi connectivity index (χ0) is 21.0. The second-order valence-corrected chi connectivity index (χ2v) is 8.85. The predicted molar refractivity (Wildman–Crippen MR) is 114 cm³/mol. The molecule has 0 unspecified atom stereocenters. The van der Waals surface area contributed by atoms with Gasteiger partial charge in [0, 0.05) is 19.1 Å². The molecule has 0 aliphatic carbocycles. The van der Waals surface area contributed by atoms with E-state index in [1.807, 2.05) is 58.9 Å². The van der Waals surface area contributed by atoms with Gasteiger partial charge in [-0.25, -0.2) is 4.98 Å². The summed E-state index contributed by atoms with van der Waals surface area (Å²) in [7, 11) is 0. The lowest BCUT2D eigenvalue weighted by molar-refractivity contribution is 0.0743. The molecule has 2 heterocycles. The van der Waals surface area contributed by atoms with E-state index >= 15 is 0 Å². The topological polar surface area (TPSA) is 83.0 Å². The highest BCUT2D eigenvalue weighted by Gasteiger charge is 2.20. The average molecular weight is 417 g/mol. The standard InChI is InChI=1S/C21H28N4O3S/c1-13(2)18-23-19(28-24-18)15(5)29-21-22-17-10-7-6-9-16(17)20(26)25(21)11-8-12-27-14(3)4/h6-7,9-10,13-15H,8,11-12H2,1-5H3/t15-/m0/s1. The van der Waals surface area contributed by atoms with E-state index in [0.717, 1.165) is 6.42 Å². The van der Waals surface area contributed by atoms with Crippen LogP contribution < -0.4 is 5.56 Å². The van der Waals surface area contributed by atoms with Gasteiger partial charge >= 0.3 is 0 Å². The van der Waals surface area contributed by atoms with E-state index in [4.69, 9.17) is 14.2 Å². The van der Waals surface area contributed by atoms with Gasteiger partial charge in [0.15, 0.2) is 11.0 Å². The van der Waals surface area contributed by atoms with Crippen molar-refractivity contribution >= 4 is 22.7 Å². The Bertz CT molecular complexity index is 1010. The Kier molecular flexibility index (Phi) is 7.08. The summed E-state index contributed by atoms with van der Waals surface area (Å²) < 4.78 is 12.8. The number of hydrogen-bond acceptors (Lipinski definition) is 7. The van der Waals surface area contributed by atoms with Crippen molar-refractivity contribution in [2.24, 2.45) is 0 Å². The van der Waals surface area contributed by atoms with E-state index in [0.29, 0.717) is 40.9 Å². The molecule has 1 aromatic carbocycles. The molecule has 0 fully saturated rings. The average Bonchev–Trinajstić information content (AvgIpc) is 3.17. The first-order valence-electron chi connectivity index (χ1n) is 9.98. The maximum atomic E-state index is 13.1. The minimum Gasteiger partial charge on any atom is -0.379 e. The Labute approximate surface area is 174 Å². The zero-order valence-electron chi connectivity index (χ0n) is 17.6. The number of aromatic nitrogens is 4. The first-order chi connectivity index (χ1) is 13.9. The van der Waals surface area contributed by atoms with Gasteiger partial charge in [0.2, 0.25) is 5.89 Å². The van der Waals surface area contributed by atoms with Crippen molar-refractivity contribution in [3.63, 3.8) is 0 Å². The molecule has 156 valence electrons. The Morgan fingerprint density at radius 1 is 1.14 bits per heavy atom. The molecule has 0 amide bonds. The Morgan fingerprint density at radius 3 is 2.59 bits per heavy atom. The Balaban J connectivity index is 1.89. The highest BCUT2D eigenvalue weighted by Crippen LogP contribution is 2.33. The number of ether oxygens (including phenoxy) is 1. The fraction of sp³-hybridized carbons (Fsp3) is 0.524. The smallest absolute Gasteiger partial charge is 0.262 e. The van der Waals surface area contributed by atoms with Gasteiger partial charge in [-0.05, 0) is 39.3 Å². The van der Waals surface area contributed by atoms with E-state index in [9.17, 15) is 4.79 Å². The Hall–Kier alpha value is -2.19. The molecule has 3 aromatic rings. The first kappa shape index (κ1) is 21.5. The SMILES string of the molecule is CC(C)OCCCn1c(S[C@@H](C)c2nc(C(C)C)no2)nc2ccccc2c1=O. The molecule has 0 saturated carbocycles. The minimum atomic E-state index is -0.124. The normalized spacial score (nSPS) is 12.9. The maximum Gasteiger partial charge on any atom is 0.262 e. The molecular weight excluding hydrogens is 388 g/mol. The van der Waals surface area contributed by atoms with Gasteiger partial charge in [0.05, 0.1) is 22.3 Å². The molecule has 29 heavy (non-hydrogen) atoms. The van der Waals surface area contributed by atoms with Gasteiger partial charge in [0.25, 0.3) is 5.56 Å². The van der Waals surface area contributed by atoms with Crippen molar-refractivity contribution in [2.45, 2.75) is 70.0 Å². The molecule has 1 atom stereocenters. The molecule has 0 N–H and O–H groups in total. The van der Waals surface area contributed by atoms with E-state index < -0.39 is 0 Å². The molecule has 0 radical (unpaired) electrons. The quantitative estimate of drug-likeness (QED) is 0.287. The van der Waals surface area contributed by atoms with Crippen LogP contribution in [0.1, 0.15) is 63.9 Å². The molecule has 0 aliphatic rings. The third-order valence-corrected chi connectivity index (χ3v) is 5.49. The highest BCUT2D eigenvalue weighted by atomic mass is 32.2. The summed E-state index contributed by atoms with van der Waals surface area (Å²) in [6.45, 7) is 11.2. The molecule has 3 rings (SSSR count). The van der Waals surface area contributed by atoms with Crippen LogP contribution in [0.2, 0.25) is 0 Å². The number of para-hydroxylation sites is 1. The summed E-state index contributed by atoms with van der Waals surface area (Å²) in [5, 5.41) is 5.18. The van der Waals surface area contributed by atoms with Gasteiger partial charge in [0.1, 0.15) is 0 Å². The fourth-order valence-corrected chi connectivity index (χ4v) is 3.80. The number of thioether (sulfide) groups is 1. The summed E-state index contributed by atoms with van der Waals surface area (Å²) in [6, 6.07) is 7.43. The summed E-state index contributed by atoms with van der Waals surface area (Å²) >= 11 is 1.46. The van der Waals surface area contributed by atoms with Crippen LogP contribution in [0, 0.1) is 0 Å². The van der Waals surface area contributed by atoms with Crippen LogP contribution in [-0.2, 0) is 11.3 Å². The van der Waals surface area contributed by atoms with Crippen LogP contribution in [0.5, 0.6) is 0 Å². The third kappa shape index (κ3) is 5.25. The first-order valence-corrected chi connectivity index (χ1v) is 10.9. The van der Waals surface area contributed by atoms with Crippen molar-refractivity contribution in [1.29, 1.82) is 0 Å². The van der Waals surface area contributed by atoms with Crippen LogP contribution in [0.4, 0.5) is 0 Å². The lowest BCUT2D eigenvalue weighted by Gasteiger charge is -2.15. The fourth-order valence-electron chi connectivity index (χ4n) is 2.83. The molecule has 0 spiro atoms. The molecule has 8 heteroatoms. The highest BCUT2D eigenvalue weighted by molar-refractivity contribution is 7.99. The molecule has 0 bridgehead atoms. The van der Waals surface area contributed by atoms with Crippen LogP contribution in [0.15, 0.2) is 38.7 Å². The molecule has 0 saturated heterocycles. The van der Waals surface area contributed by atoms with Gasteiger partial charge in [-0.1, -0.05) is 42.9 Å². The number of fused-ring (bicyclic) bond motifs is 1. The number of benzene rings is 1. The van der Waals surface area contributed by atoms with Crippen molar-refractivity contribution in [3.8, 4) is 0 Å². The molecule has 2 aromatic heterocycles. The number of nitrogens with zero attached hydrogens (tertiary/aromatic N) is 4. The van der Waals surface area contributed by atoms with E-state index in [2.05, 4.69) is 10.1 Å². The van der Waals surface area contributed by atoms with Crippen LogP contribution in [-0.4, -0.2) is 32.4 Å². The van der Waals surface area contributed by atoms with Gasteiger partial charge in [-0.15, -0.1) is 0 Å². The predicted octanol–water partition coefficient (Wildman–Crippen LogP) is 4.57. The second-order valence-electron chi connectivity index (χ2n) is 7.55. The lowest BCUT2D eigenvalue weighted by Crippen LogP contribution is -2.24. The van der Waals surface area contributed by atoms with Crippen LogP contribution in [0.3, 0.4) is 0 Å². The van der Waals surface area contributed by atoms with Gasteiger partial charge in [-0.2, -0.15) is 4.98 Å². The van der Waals surface area contributed by atoms with Gasteiger partial charge in [-0.3, -0.25) is 9.36 Å². The van der Waals surface area contributed by atoms with Crippen LogP contribution in [0.25, 0.3) is 10.9 Å². The van der Waals surface area contributed by atoms with Crippen molar-refractivity contribution < 1.29 is 9.26 Å². The zero-order valence-corrected chi connectivity index (χ0v) is 18.4. The van der Waals surface area contributed by atoms with Crippen molar-refractivity contribution in [2.75, 3.05) is 6.61 Å². The summed E-state index contributed by atoms with van der Waals surface area (Å²) in [5.74, 6) is 1.42. The number of rotatable bonds is 9. The minimum absolute atomic E-state index is 0.0387. The summed E-state index contributed by atoms with van der Waals surface area (Å²) in [4.78, 5) is 22.3. The van der Waals surface area contributed by atoms with Crippen LogP contribution >= 0.6 is 11.8 Å². The van der Waals surface area contributed by atoms with E-state index in [1.165, 1.54) is 11.8 Å². The summed E-state index contributed by atoms with van der Waals surface area (Å²) in [5.41, 5.74) is 0.651. The number of hydrogen-bond donors (Lipinski definition) is 0. The second kappa shape index (κ2) is 9.54. The van der Waals surface area contributed by atoms with Gasteiger partial charge < -0.3 is 9.26 Å². The third-order valence-electron chi connectivity index (χ3n) is 4.41. The molecule has 7 nitrogen and oxygen atoms in total. The van der Waals surface area contributed by atoms with E-state index in [1.54, 1.807) is 4.57 Å².